The standard InChI is InChI=1S/Ba.H3O4P.H2S.2H/c;1-5(2,3)4;;;/h;(H3,1,2,3,4);1H2;;/q+2;;;2*-1. The van der Waals surface area contributed by atoms with Crippen LogP contribution < -0.4 is 0 Å². The Kier molecular flexibility index (Phi) is 14.1. The first-order valence-corrected chi connectivity index (χ1v) is 2.35. The Morgan fingerprint density at radius 2 is 1.29 bits per heavy atom. The van der Waals surface area contributed by atoms with E-state index in [1.54, 1.807) is 0 Å². The molecule has 44 valence electrons. The minimum Gasteiger partial charge on any atom is -1.00 e. The zero-order valence-electron chi connectivity index (χ0n) is 5.40. The summed E-state index contributed by atoms with van der Waals surface area (Å²) in [6.45, 7) is 0. The zero-order valence-corrected chi connectivity index (χ0v) is 9.74. The third kappa shape index (κ3) is 70.8. The Morgan fingerprint density at radius 1 is 1.29 bits per heavy atom. The predicted octanol–water partition coefficient (Wildman–Crippen LogP) is -0.972. The van der Waals surface area contributed by atoms with E-state index in [0.717, 1.165) is 0 Å². The van der Waals surface area contributed by atoms with E-state index >= 15 is 0 Å². The summed E-state index contributed by atoms with van der Waals surface area (Å²) < 4.78 is 8.88. The van der Waals surface area contributed by atoms with E-state index < -0.39 is 7.82 Å². The summed E-state index contributed by atoms with van der Waals surface area (Å²) in [7, 11) is -4.64. The molecule has 0 aromatic heterocycles. The van der Waals surface area contributed by atoms with Gasteiger partial charge in [0, 0.05) is 0 Å². The Balaban J connectivity index is -0.0000000133. The van der Waals surface area contributed by atoms with Gasteiger partial charge in [-0.05, 0) is 0 Å². The fraction of sp³-hybridized carbons (Fsp3) is 0. The zero-order chi connectivity index (χ0) is 4.50. The molecule has 7 heteroatoms. The molecular weight excluding hydrogens is 264 g/mol. The molecule has 0 aliphatic heterocycles. The molecule has 4 nitrogen and oxygen atoms in total. The van der Waals surface area contributed by atoms with E-state index in [2.05, 4.69) is 0 Å². The second kappa shape index (κ2) is 6.16. The van der Waals surface area contributed by atoms with Gasteiger partial charge in [0.2, 0.25) is 0 Å². The van der Waals surface area contributed by atoms with E-state index in [1.807, 2.05) is 0 Å². The van der Waals surface area contributed by atoms with Gasteiger partial charge in [0.05, 0.1) is 0 Å². The van der Waals surface area contributed by atoms with Crippen LogP contribution in [0.1, 0.15) is 2.85 Å². The smallest absolute Gasteiger partial charge is 1.00 e. The topological polar surface area (TPSA) is 77.8 Å². The fourth-order valence-corrected chi connectivity index (χ4v) is 0. The van der Waals surface area contributed by atoms with Gasteiger partial charge in [-0.15, -0.1) is 0 Å². The summed E-state index contributed by atoms with van der Waals surface area (Å²) in [6, 6.07) is 0. The molecule has 0 fully saturated rings. The maximum atomic E-state index is 8.88. The van der Waals surface area contributed by atoms with Crippen molar-refractivity contribution in [2.75, 3.05) is 0 Å². The number of hydrogen-bond acceptors (Lipinski definition) is 1. The normalized spacial score (nSPS) is 8.43. The molecule has 0 radical (unpaired) electrons. The van der Waals surface area contributed by atoms with Crippen LogP contribution in [0.4, 0.5) is 0 Å². The molecule has 0 spiro atoms. The van der Waals surface area contributed by atoms with Crippen molar-refractivity contribution in [3.8, 4) is 0 Å². The van der Waals surface area contributed by atoms with Crippen molar-refractivity contribution in [3.63, 3.8) is 0 Å². The van der Waals surface area contributed by atoms with Crippen molar-refractivity contribution in [2.45, 2.75) is 0 Å². The van der Waals surface area contributed by atoms with Gasteiger partial charge in [-0.1, -0.05) is 0 Å². The minimum atomic E-state index is -4.64. The number of phosphoric acid groups is 1. The molecule has 0 aromatic rings. The quantitative estimate of drug-likeness (QED) is 0.391. The first kappa shape index (κ1) is 16.0. The molecule has 0 aromatic carbocycles. The maximum Gasteiger partial charge on any atom is 2.00 e. The van der Waals surface area contributed by atoms with Crippen LogP contribution in [0.25, 0.3) is 0 Å². The van der Waals surface area contributed by atoms with E-state index in [1.165, 1.54) is 0 Å². The summed E-state index contributed by atoms with van der Waals surface area (Å²) in [5.41, 5.74) is 0. The van der Waals surface area contributed by atoms with Crippen LogP contribution in [-0.2, 0) is 4.57 Å². The van der Waals surface area contributed by atoms with Crippen molar-refractivity contribution in [2.24, 2.45) is 0 Å². The van der Waals surface area contributed by atoms with Crippen LogP contribution in [0.2, 0.25) is 0 Å². The van der Waals surface area contributed by atoms with Crippen molar-refractivity contribution >= 4 is 70.2 Å². The molecule has 0 unspecified atom stereocenters. The summed E-state index contributed by atoms with van der Waals surface area (Å²) in [5, 5.41) is 0. The van der Waals surface area contributed by atoms with Gasteiger partial charge in [-0.25, -0.2) is 4.57 Å². The Bertz CT molecular complexity index is 64.7. The Labute approximate surface area is 91.0 Å². The molecular formula is H7BaO4PS. The van der Waals surface area contributed by atoms with E-state index in [0.29, 0.717) is 0 Å². The van der Waals surface area contributed by atoms with Gasteiger partial charge < -0.3 is 17.5 Å². The van der Waals surface area contributed by atoms with Crippen LogP contribution in [-0.4, -0.2) is 63.6 Å². The van der Waals surface area contributed by atoms with Crippen molar-refractivity contribution in [1.29, 1.82) is 0 Å². The Hall–Kier alpha value is 2.03. The second-order valence-corrected chi connectivity index (χ2v) is 1.54. The number of hydrogen-bond donors (Lipinski definition) is 3. The summed E-state index contributed by atoms with van der Waals surface area (Å²) in [5.74, 6) is 0. The number of rotatable bonds is 0. The molecule has 0 aliphatic rings. The fourth-order valence-electron chi connectivity index (χ4n) is 0. The summed E-state index contributed by atoms with van der Waals surface area (Å²) in [4.78, 5) is 21.6. The molecule has 0 bridgehead atoms. The molecule has 3 N–H and O–H groups in total. The second-order valence-electron chi connectivity index (χ2n) is 0.513. The van der Waals surface area contributed by atoms with E-state index in [9.17, 15) is 0 Å². The minimum absolute atomic E-state index is 0. The molecule has 0 aliphatic carbocycles. The van der Waals surface area contributed by atoms with E-state index in [4.69, 9.17) is 19.2 Å². The van der Waals surface area contributed by atoms with Crippen molar-refractivity contribution < 1.29 is 22.1 Å². The molecule has 0 heterocycles. The van der Waals surface area contributed by atoms with Crippen molar-refractivity contribution in [3.05, 3.63) is 0 Å². The SMILES string of the molecule is O=P(O)(O)O.S.[Ba+2].[H-].[H-]. The van der Waals surface area contributed by atoms with Crippen LogP contribution in [0.5, 0.6) is 0 Å². The summed E-state index contributed by atoms with van der Waals surface area (Å²) in [6.07, 6.45) is 0. The largest absolute Gasteiger partial charge is 2.00 e. The van der Waals surface area contributed by atoms with Gasteiger partial charge in [-0.2, -0.15) is 13.5 Å². The van der Waals surface area contributed by atoms with E-state index in [-0.39, 0.29) is 65.2 Å². The molecule has 0 saturated heterocycles. The summed E-state index contributed by atoms with van der Waals surface area (Å²) >= 11 is 0. The van der Waals surface area contributed by atoms with Crippen molar-refractivity contribution in [1.82, 2.24) is 0 Å². The maximum absolute atomic E-state index is 8.88. The molecule has 7 heavy (non-hydrogen) atoms. The molecule has 0 amide bonds. The van der Waals surface area contributed by atoms with Gasteiger partial charge >= 0.3 is 56.7 Å². The van der Waals surface area contributed by atoms with Crippen LogP contribution >= 0.6 is 21.3 Å². The average molecular weight is 271 g/mol. The Morgan fingerprint density at radius 3 is 1.29 bits per heavy atom. The van der Waals surface area contributed by atoms with Gasteiger partial charge in [0.25, 0.3) is 0 Å². The van der Waals surface area contributed by atoms with Gasteiger partial charge in [0.15, 0.2) is 0 Å². The molecule has 0 atom stereocenters. The predicted molar refractivity (Wildman–Crippen MR) is 32.6 cm³/mol. The third-order valence-corrected chi connectivity index (χ3v) is 0. The van der Waals surface area contributed by atoms with Crippen LogP contribution in [0, 0.1) is 0 Å². The first-order valence-electron chi connectivity index (χ1n) is 0.783. The third-order valence-electron chi connectivity index (χ3n) is 0. The monoisotopic (exact) mass is 272 g/mol. The molecule has 0 saturated carbocycles. The van der Waals surface area contributed by atoms with Gasteiger partial charge in [0.1, 0.15) is 0 Å². The average Bonchev–Trinajstić information content (AvgIpc) is 0.722. The molecule has 0 rings (SSSR count). The van der Waals surface area contributed by atoms with Crippen LogP contribution in [0.15, 0.2) is 0 Å². The first-order chi connectivity index (χ1) is 2.00. The van der Waals surface area contributed by atoms with Crippen LogP contribution in [0.3, 0.4) is 0 Å². The van der Waals surface area contributed by atoms with Gasteiger partial charge in [-0.3, -0.25) is 0 Å².